The molecule has 0 amide bonds. The average molecular weight is 224 g/mol. The largest absolute Gasteiger partial charge is 0.462 e. The highest BCUT2D eigenvalue weighted by Crippen LogP contribution is 2.15. The van der Waals surface area contributed by atoms with Gasteiger partial charge in [0.1, 0.15) is 5.56 Å². The van der Waals surface area contributed by atoms with Crippen LogP contribution in [0.25, 0.3) is 0 Å². The summed E-state index contributed by atoms with van der Waals surface area (Å²) < 4.78 is 6.14. The quantitative estimate of drug-likeness (QED) is 0.610. The van der Waals surface area contributed by atoms with Gasteiger partial charge in [-0.2, -0.15) is 0 Å². The molecule has 0 aliphatic rings. The van der Waals surface area contributed by atoms with Crippen molar-refractivity contribution in [1.82, 2.24) is 4.68 Å². The van der Waals surface area contributed by atoms with E-state index >= 15 is 0 Å². The first-order valence-corrected chi connectivity index (χ1v) is 5.16. The van der Waals surface area contributed by atoms with Gasteiger partial charge in [0.2, 0.25) is 0 Å². The molecule has 0 radical (unpaired) electrons. The molecule has 0 aromatic carbocycles. The molecule has 0 spiro atoms. The van der Waals surface area contributed by atoms with Crippen molar-refractivity contribution in [2.75, 3.05) is 12.4 Å². The standard InChI is InChI=1S/C11H16N2O3/c1-4-16-11(15)9-8(14)5-6-13(12)10(9)7(2)3/h5-7H,4,12H2,1-3H3. The fourth-order valence-electron chi connectivity index (χ4n) is 1.56. The van der Waals surface area contributed by atoms with Gasteiger partial charge < -0.3 is 10.6 Å². The maximum absolute atomic E-state index is 11.7. The fraction of sp³-hybridized carbons (Fsp3) is 0.455. The maximum Gasteiger partial charge on any atom is 0.344 e. The number of carbonyl (C=O) groups excluding carboxylic acids is 1. The smallest absolute Gasteiger partial charge is 0.344 e. The Kier molecular flexibility index (Phi) is 3.71. The Morgan fingerprint density at radius 3 is 2.69 bits per heavy atom. The van der Waals surface area contributed by atoms with Gasteiger partial charge in [-0.3, -0.25) is 9.47 Å². The molecule has 0 aliphatic carbocycles. The molecule has 1 heterocycles. The van der Waals surface area contributed by atoms with Crippen LogP contribution in [0.15, 0.2) is 17.1 Å². The number of nitrogens with zero attached hydrogens (tertiary/aromatic N) is 1. The summed E-state index contributed by atoms with van der Waals surface area (Å²) in [6.45, 7) is 5.65. The monoisotopic (exact) mass is 224 g/mol. The molecule has 0 saturated carbocycles. The van der Waals surface area contributed by atoms with E-state index in [1.165, 1.54) is 16.9 Å². The van der Waals surface area contributed by atoms with Crippen molar-refractivity contribution in [3.8, 4) is 0 Å². The van der Waals surface area contributed by atoms with Gasteiger partial charge >= 0.3 is 5.97 Å². The van der Waals surface area contributed by atoms with E-state index in [2.05, 4.69) is 0 Å². The lowest BCUT2D eigenvalue weighted by Crippen LogP contribution is -2.27. The van der Waals surface area contributed by atoms with Gasteiger partial charge in [0, 0.05) is 12.3 Å². The normalized spacial score (nSPS) is 10.5. The average Bonchev–Trinajstić information content (AvgIpc) is 2.20. The number of pyridine rings is 1. The van der Waals surface area contributed by atoms with Crippen molar-refractivity contribution in [2.45, 2.75) is 26.7 Å². The number of rotatable bonds is 3. The predicted molar refractivity (Wildman–Crippen MR) is 60.9 cm³/mol. The Morgan fingerprint density at radius 1 is 1.56 bits per heavy atom. The third kappa shape index (κ3) is 2.24. The summed E-state index contributed by atoms with van der Waals surface area (Å²) in [7, 11) is 0. The highest BCUT2D eigenvalue weighted by molar-refractivity contribution is 5.90. The number of nitrogens with two attached hydrogens (primary N) is 1. The second-order valence-corrected chi connectivity index (χ2v) is 3.72. The minimum absolute atomic E-state index is 0.0293. The highest BCUT2D eigenvalue weighted by atomic mass is 16.5. The van der Waals surface area contributed by atoms with E-state index in [4.69, 9.17) is 10.6 Å². The number of nitrogen functional groups attached to an aromatic ring is 1. The molecule has 1 aromatic rings. The Bertz CT molecular complexity index is 449. The SMILES string of the molecule is CCOC(=O)c1c(C(C)C)n(N)ccc1=O. The molecule has 5 nitrogen and oxygen atoms in total. The van der Waals surface area contributed by atoms with Crippen LogP contribution in [0, 0.1) is 0 Å². The number of ether oxygens (including phenoxy) is 1. The fourth-order valence-corrected chi connectivity index (χ4v) is 1.56. The van der Waals surface area contributed by atoms with E-state index in [-0.39, 0.29) is 23.5 Å². The summed E-state index contributed by atoms with van der Waals surface area (Å²) in [5.74, 6) is 5.05. The zero-order chi connectivity index (χ0) is 12.3. The molecule has 0 atom stereocenters. The molecule has 5 heteroatoms. The van der Waals surface area contributed by atoms with Crippen molar-refractivity contribution in [2.24, 2.45) is 0 Å². The van der Waals surface area contributed by atoms with Gasteiger partial charge in [-0.1, -0.05) is 13.8 Å². The first kappa shape index (κ1) is 12.3. The number of hydrogen-bond acceptors (Lipinski definition) is 4. The van der Waals surface area contributed by atoms with Gasteiger partial charge in [-0.05, 0) is 12.8 Å². The topological polar surface area (TPSA) is 74.3 Å². The second-order valence-electron chi connectivity index (χ2n) is 3.72. The van der Waals surface area contributed by atoms with Crippen LogP contribution in [0.2, 0.25) is 0 Å². The van der Waals surface area contributed by atoms with Crippen molar-refractivity contribution < 1.29 is 9.53 Å². The third-order valence-corrected chi connectivity index (χ3v) is 2.19. The maximum atomic E-state index is 11.7. The lowest BCUT2D eigenvalue weighted by molar-refractivity contribution is 0.0522. The van der Waals surface area contributed by atoms with E-state index in [9.17, 15) is 9.59 Å². The summed E-state index contributed by atoms with van der Waals surface area (Å²) in [5.41, 5.74) is 0.164. The molecule has 0 unspecified atom stereocenters. The Balaban J connectivity index is 3.40. The first-order chi connectivity index (χ1) is 7.49. The van der Waals surface area contributed by atoms with Crippen LogP contribution in [0.1, 0.15) is 42.7 Å². The molecule has 0 bridgehead atoms. The van der Waals surface area contributed by atoms with E-state index < -0.39 is 5.97 Å². The van der Waals surface area contributed by atoms with Crippen LogP contribution in [0.5, 0.6) is 0 Å². The molecule has 1 rings (SSSR count). The van der Waals surface area contributed by atoms with Gasteiger partial charge in [-0.15, -0.1) is 0 Å². The van der Waals surface area contributed by atoms with Crippen LogP contribution in [-0.2, 0) is 4.74 Å². The van der Waals surface area contributed by atoms with Gasteiger partial charge in [0.25, 0.3) is 0 Å². The number of esters is 1. The summed E-state index contributed by atoms with van der Waals surface area (Å²) in [5, 5.41) is 0. The Hall–Kier alpha value is -1.78. The zero-order valence-corrected chi connectivity index (χ0v) is 9.69. The van der Waals surface area contributed by atoms with Crippen molar-refractivity contribution >= 4 is 5.97 Å². The summed E-state index contributed by atoms with van der Waals surface area (Å²) in [6, 6.07) is 1.26. The molecule has 0 aliphatic heterocycles. The van der Waals surface area contributed by atoms with Crippen LogP contribution in [0.3, 0.4) is 0 Å². The lowest BCUT2D eigenvalue weighted by Gasteiger charge is -2.15. The van der Waals surface area contributed by atoms with E-state index in [1.54, 1.807) is 6.92 Å². The predicted octanol–water partition coefficient (Wildman–Crippen LogP) is 0.862. The summed E-state index contributed by atoms with van der Waals surface area (Å²) in [4.78, 5) is 23.3. The molecular formula is C11H16N2O3. The minimum Gasteiger partial charge on any atom is -0.462 e. The number of carbonyl (C=O) groups is 1. The van der Waals surface area contributed by atoms with Crippen LogP contribution in [-0.4, -0.2) is 17.3 Å². The molecule has 88 valence electrons. The van der Waals surface area contributed by atoms with Crippen LogP contribution >= 0.6 is 0 Å². The van der Waals surface area contributed by atoms with E-state index in [1.807, 2.05) is 13.8 Å². The van der Waals surface area contributed by atoms with Gasteiger partial charge in [0.05, 0.1) is 12.3 Å². The number of aromatic nitrogens is 1. The van der Waals surface area contributed by atoms with Crippen molar-refractivity contribution in [1.29, 1.82) is 0 Å². The van der Waals surface area contributed by atoms with Crippen LogP contribution < -0.4 is 11.3 Å². The molecule has 0 saturated heterocycles. The van der Waals surface area contributed by atoms with E-state index in [0.717, 1.165) is 0 Å². The Morgan fingerprint density at radius 2 is 2.19 bits per heavy atom. The van der Waals surface area contributed by atoms with E-state index in [0.29, 0.717) is 5.69 Å². The van der Waals surface area contributed by atoms with Crippen molar-refractivity contribution in [3.05, 3.63) is 33.7 Å². The lowest BCUT2D eigenvalue weighted by atomic mass is 10.0. The molecular weight excluding hydrogens is 208 g/mol. The minimum atomic E-state index is -0.615. The molecule has 2 N–H and O–H groups in total. The van der Waals surface area contributed by atoms with Gasteiger partial charge in [-0.25, -0.2) is 4.79 Å². The second kappa shape index (κ2) is 4.83. The molecule has 0 fully saturated rings. The zero-order valence-electron chi connectivity index (χ0n) is 9.69. The van der Waals surface area contributed by atoms with Gasteiger partial charge in [0.15, 0.2) is 5.43 Å². The summed E-state index contributed by atoms with van der Waals surface area (Å²) in [6.07, 6.45) is 1.44. The summed E-state index contributed by atoms with van der Waals surface area (Å²) >= 11 is 0. The Labute approximate surface area is 93.8 Å². The van der Waals surface area contributed by atoms with Crippen LogP contribution in [0.4, 0.5) is 0 Å². The first-order valence-electron chi connectivity index (χ1n) is 5.16. The van der Waals surface area contributed by atoms with Crippen molar-refractivity contribution in [3.63, 3.8) is 0 Å². The highest BCUT2D eigenvalue weighted by Gasteiger charge is 2.20. The molecule has 16 heavy (non-hydrogen) atoms. The third-order valence-electron chi connectivity index (χ3n) is 2.19. The number of hydrogen-bond donors (Lipinski definition) is 1. The molecule has 1 aromatic heterocycles.